The Morgan fingerprint density at radius 3 is 2.40 bits per heavy atom. The Balaban J connectivity index is 1.46. The molecule has 1 aliphatic heterocycles. The lowest BCUT2D eigenvalue weighted by molar-refractivity contribution is -0.127. The lowest BCUT2D eigenvalue weighted by Crippen LogP contribution is -2.48. The van der Waals surface area contributed by atoms with Gasteiger partial charge in [-0.3, -0.25) is 14.5 Å². The quantitative estimate of drug-likeness (QED) is 0.760. The monoisotopic (exact) mass is 411 g/mol. The van der Waals surface area contributed by atoms with Crippen molar-refractivity contribution in [3.8, 4) is 0 Å². The summed E-state index contributed by atoms with van der Waals surface area (Å²) in [5.74, 6) is -0.350. The number of carbonyl (C=O) groups is 2. The number of carbonyl (C=O) groups excluding carboxylic acids is 2. The van der Waals surface area contributed by atoms with Crippen LogP contribution in [-0.2, 0) is 16.1 Å². The molecule has 1 aliphatic rings. The van der Waals surface area contributed by atoms with Gasteiger partial charge in [0.05, 0.1) is 6.04 Å². The van der Waals surface area contributed by atoms with Gasteiger partial charge in [-0.25, -0.2) is 4.39 Å². The van der Waals surface area contributed by atoms with Gasteiger partial charge in [0.1, 0.15) is 5.82 Å². The molecule has 30 heavy (non-hydrogen) atoms. The molecule has 1 unspecified atom stereocenters. The van der Waals surface area contributed by atoms with Crippen LogP contribution in [-0.4, -0.2) is 35.8 Å². The number of nitrogens with one attached hydrogen (secondary N) is 2. The molecule has 0 saturated carbocycles. The Kier molecular flexibility index (Phi) is 7.21. The zero-order chi connectivity index (χ0) is 21.7. The maximum Gasteiger partial charge on any atom is 0.241 e. The van der Waals surface area contributed by atoms with Gasteiger partial charge in [0, 0.05) is 18.2 Å². The van der Waals surface area contributed by atoms with E-state index < -0.39 is 0 Å². The van der Waals surface area contributed by atoms with E-state index in [-0.39, 0.29) is 29.6 Å². The number of likely N-dealkylation sites (tertiary alicyclic amines) is 1. The van der Waals surface area contributed by atoms with Gasteiger partial charge in [0.25, 0.3) is 0 Å². The summed E-state index contributed by atoms with van der Waals surface area (Å²) in [6, 6.07) is 11.9. The van der Waals surface area contributed by atoms with Crippen LogP contribution in [0.25, 0.3) is 0 Å². The molecule has 0 bridgehead atoms. The Bertz CT molecular complexity index is 890. The summed E-state index contributed by atoms with van der Waals surface area (Å²) < 4.78 is 13.0. The van der Waals surface area contributed by atoms with Crippen LogP contribution in [0.5, 0.6) is 0 Å². The molecule has 3 rings (SSSR count). The summed E-state index contributed by atoms with van der Waals surface area (Å²) in [4.78, 5) is 27.3. The number of aryl methyl sites for hydroxylation is 2. The summed E-state index contributed by atoms with van der Waals surface area (Å²) >= 11 is 0. The van der Waals surface area contributed by atoms with Crippen LogP contribution in [0.3, 0.4) is 0 Å². The van der Waals surface area contributed by atoms with Crippen molar-refractivity contribution in [1.29, 1.82) is 0 Å². The number of nitrogens with zero attached hydrogens (tertiary/aromatic N) is 1. The molecule has 5 nitrogen and oxygen atoms in total. The van der Waals surface area contributed by atoms with Crippen molar-refractivity contribution >= 4 is 17.5 Å². The molecular weight excluding hydrogens is 381 g/mol. The molecule has 1 heterocycles. The molecule has 0 aromatic heterocycles. The number of halogens is 1. The van der Waals surface area contributed by atoms with Gasteiger partial charge in [-0.05, 0) is 76.0 Å². The number of anilines is 1. The highest BCUT2D eigenvalue weighted by Crippen LogP contribution is 2.21. The molecule has 1 fully saturated rings. The molecule has 160 valence electrons. The van der Waals surface area contributed by atoms with Crippen LogP contribution < -0.4 is 10.6 Å². The summed E-state index contributed by atoms with van der Waals surface area (Å²) in [5.41, 5.74) is 3.93. The first kappa shape index (κ1) is 22.0. The number of benzene rings is 2. The van der Waals surface area contributed by atoms with E-state index in [4.69, 9.17) is 0 Å². The predicted octanol–water partition coefficient (Wildman–Crippen LogP) is 3.80. The molecule has 2 N–H and O–H groups in total. The van der Waals surface area contributed by atoms with Crippen molar-refractivity contribution in [3.05, 3.63) is 65.0 Å². The topological polar surface area (TPSA) is 61.4 Å². The summed E-state index contributed by atoms with van der Waals surface area (Å²) in [7, 11) is 0. The van der Waals surface area contributed by atoms with Crippen molar-refractivity contribution < 1.29 is 14.0 Å². The Morgan fingerprint density at radius 1 is 1.10 bits per heavy atom. The second-order valence-electron chi connectivity index (χ2n) is 8.14. The zero-order valence-corrected chi connectivity index (χ0v) is 17.9. The van der Waals surface area contributed by atoms with Crippen LogP contribution >= 0.6 is 0 Å². The predicted molar refractivity (Wildman–Crippen MR) is 117 cm³/mol. The highest BCUT2D eigenvalue weighted by molar-refractivity contribution is 5.95. The number of piperidine rings is 1. The maximum absolute atomic E-state index is 13.0. The average molecular weight is 412 g/mol. The SMILES string of the molecule is Cc1ccc(NC(=O)C(C)N2CCC(C(=O)NCc3ccc(F)cc3)CC2)c(C)c1. The fraction of sp³-hybridized carbons (Fsp3) is 0.417. The van der Waals surface area contributed by atoms with Gasteiger partial charge in [-0.15, -0.1) is 0 Å². The van der Waals surface area contributed by atoms with Gasteiger partial charge in [-0.2, -0.15) is 0 Å². The maximum atomic E-state index is 13.0. The number of hydrogen-bond donors (Lipinski definition) is 2. The van der Waals surface area contributed by atoms with Crippen LogP contribution in [0.2, 0.25) is 0 Å². The highest BCUT2D eigenvalue weighted by atomic mass is 19.1. The summed E-state index contributed by atoms with van der Waals surface area (Å²) in [6.45, 7) is 7.73. The Labute approximate surface area is 177 Å². The minimum atomic E-state index is -0.284. The van der Waals surface area contributed by atoms with Crippen LogP contribution in [0.1, 0.15) is 36.5 Å². The fourth-order valence-electron chi connectivity index (χ4n) is 3.84. The van der Waals surface area contributed by atoms with E-state index in [0.29, 0.717) is 19.6 Å². The Morgan fingerprint density at radius 2 is 1.77 bits per heavy atom. The van der Waals surface area contributed by atoms with Gasteiger partial charge in [-0.1, -0.05) is 29.8 Å². The molecule has 1 saturated heterocycles. The zero-order valence-electron chi connectivity index (χ0n) is 17.9. The number of amides is 2. The molecule has 0 spiro atoms. The minimum absolute atomic E-state index is 0.0198. The van der Waals surface area contributed by atoms with Gasteiger partial charge >= 0.3 is 0 Å². The second kappa shape index (κ2) is 9.85. The standard InChI is InChI=1S/C24H30FN3O2/c1-16-4-9-22(17(2)14-16)27-23(29)18(3)28-12-10-20(11-13-28)24(30)26-15-19-5-7-21(25)8-6-19/h4-9,14,18,20H,10-13,15H2,1-3H3,(H,26,30)(H,27,29). The van der Waals surface area contributed by atoms with Gasteiger partial charge in [0.2, 0.25) is 11.8 Å². The third-order valence-corrected chi connectivity index (χ3v) is 5.85. The molecule has 2 aromatic rings. The normalized spacial score (nSPS) is 16.1. The first-order valence-electron chi connectivity index (χ1n) is 10.5. The van der Waals surface area contributed by atoms with Crippen molar-refractivity contribution in [2.45, 2.75) is 46.2 Å². The van der Waals surface area contributed by atoms with E-state index in [0.717, 1.165) is 29.7 Å². The summed E-state index contributed by atoms with van der Waals surface area (Å²) in [5, 5.41) is 5.96. The van der Waals surface area contributed by atoms with Crippen LogP contribution in [0, 0.1) is 25.6 Å². The van der Waals surface area contributed by atoms with Crippen molar-refractivity contribution in [2.75, 3.05) is 18.4 Å². The molecular formula is C24H30FN3O2. The van der Waals surface area contributed by atoms with E-state index in [9.17, 15) is 14.0 Å². The van der Waals surface area contributed by atoms with Crippen molar-refractivity contribution in [1.82, 2.24) is 10.2 Å². The first-order valence-corrected chi connectivity index (χ1v) is 10.5. The molecule has 0 radical (unpaired) electrons. The molecule has 0 aliphatic carbocycles. The first-order chi connectivity index (χ1) is 14.3. The van der Waals surface area contributed by atoms with Crippen molar-refractivity contribution in [3.63, 3.8) is 0 Å². The molecule has 6 heteroatoms. The van der Waals surface area contributed by atoms with E-state index in [1.54, 1.807) is 12.1 Å². The average Bonchev–Trinajstić information content (AvgIpc) is 2.74. The minimum Gasteiger partial charge on any atom is -0.352 e. The molecule has 2 amide bonds. The largest absolute Gasteiger partial charge is 0.352 e. The molecule has 2 aromatic carbocycles. The van der Waals surface area contributed by atoms with E-state index in [1.807, 2.05) is 32.9 Å². The van der Waals surface area contributed by atoms with E-state index in [2.05, 4.69) is 21.6 Å². The third-order valence-electron chi connectivity index (χ3n) is 5.85. The molecule has 1 atom stereocenters. The number of hydrogen-bond acceptors (Lipinski definition) is 3. The van der Waals surface area contributed by atoms with E-state index >= 15 is 0 Å². The second-order valence-corrected chi connectivity index (χ2v) is 8.14. The Hall–Kier alpha value is -2.73. The highest BCUT2D eigenvalue weighted by Gasteiger charge is 2.29. The number of rotatable bonds is 6. The van der Waals surface area contributed by atoms with Gasteiger partial charge < -0.3 is 10.6 Å². The lowest BCUT2D eigenvalue weighted by atomic mass is 9.94. The third kappa shape index (κ3) is 5.66. The van der Waals surface area contributed by atoms with Crippen molar-refractivity contribution in [2.24, 2.45) is 5.92 Å². The lowest BCUT2D eigenvalue weighted by Gasteiger charge is -2.34. The van der Waals surface area contributed by atoms with Crippen LogP contribution in [0.15, 0.2) is 42.5 Å². The summed E-state index contributed by atoms with van der Waals surface area (Å²) in [6.07, 6.45) is 1.44. The smallest absolute Gasteiger partial charge is 0.241 e. The fourth-order valence-corrected chi connectivity index (χ4v) is 3.84. The van der Waals surface area contributed by atoms with Crippen LogP contribution in [0.4, 0.5) is 10.1 Å². The van der Waals surface area contributed by atoms with Gasteiger partial charge in [0.15, 0.2) is 0 Å². The van der Waals surface area contributed by atoms with E-state index in [1.165, 1.54) is 17.7 Å².